The quantitative estimate of drug-likeness (QED) is 0.504. The van der Waals surface area contributed by atoms with E-state index >= 15 is 0 Å². The van der Waals surface area contributed by atoms with Crippen LogP contribution in [0.1, 0.15) is 5.56 Å². The largest absolute Gasteiger partial charge is 0.497 e. The summed E-state index contributed by atoms with van der Waals surface area (Å²) in [6.45, 7) is 0.785. The third-order valence-electron chi connectivity index (χ3n) is 5.33. The first-order chi connectivity index (χ1) is 16.5. The minimum Gasteiger partial charge on any atom is -0.497 e. The van der Waals surface area contributed by atoms with Gasteiger partial charge in [-0.05, 0) is 48.4 Å². The van der Waals surface area contributed by atoms with Crippen LogP contribution >= 0.6 is 0 Å². The average molecular weight is 483 g/mol. The number of sulfonamides is 1. The highest BCUT2D eigenvalue weighted by Crippen LogP contribution is 2.35. The maximum absolute atomic E-state index is 13.5. The normalized spacial score (nSPS) is 12.6. The predicted octanol–water partition coefficient (Wildman–Crippen LogP) is 3.02. The highest BCUT2D eigenvalue weighted by atomic mass is 32.2. The van der Waals surface area contributed by atoms with Crippen LogP contribution in [0.25, 0.3) is 0 Å². The van der Waals surface area contributed by atoms with Crippen LogP contribution in [0, 0.1) is 0 Å². The summed E-state index contributed by atoms with van der Waals surface area (Å²) >= 11 is 0. The van der Waals surface area contributed by atoms with E-state index in [4.69, 9.17) is 14.2 Å². The molecule has 1 amide bonds. The van der Waals surface area contributed by atoms with E-state index in [1.807, 2.05) is 24.3 Å². The molecular formula is C25H26N2O6S. The first-order valence-electron chi connectivity index (χ1n) is 10.8. The third kappa shape index (κ3) is 5.43. The van der Waals surface area contributed by atoms with Crippen molar-refractivity contribution in [1.82, 2.24) is 5.32 Å². The molecule has 0 radical (unpaired) electrons. The zero-order valence-corrected chi connectivity index (χ0v) is 19.6. The molecule has 3 aromatic rings. The Morgan fingerprint density at radius 2 is 1.68 bits per heavy atom. The Hall–Kier alpha value is -3.72. The van der Waals surface area contributed by atoms with Crippen molar-refractivity contribution in [2.24, 2.45) is 0 Å². The highest BCUT2D eigenvalue weighted by Gasteiger charge is 2.28. The van der Waals surface area contributed by atoms with Crippen molar-refractivity contribution in [2.75, 3.05) is 37.7 Å². The fourth-order valence-corrected chi connectivity index (χ4v) is 4.98. The summed E-state index contributed by atoms with van der Waals surface area (Å²) in [5.41, 5.74) is 1.35. The standard InChI is InChI=1S/C25H26N2O6S/c1-31-21-10-7-19(8-11-21)13-14-26-25(28)18-27(34(29,30)22-5-3-2-4-6-22)20-9-12-23-24(17-20)33-16-15-32-23/h2-12,17H,13-16,18H2,1H3,(H,26,28). The van der Waals surface area contributed by atoms with Crippen LogP contribution in [0.15, 0.2) is 77.7 Å². The van der Waals surface area contributed by atoms with Gasteiger partial charge in [-0.2, -0.15) is 0 Å². The lowest BCUT2D eigenvalue weighted by atomic mass is 10.1. The molecule has 0 saturated heterocycles. The van der Waals surface area contributed by atoms with Crippen LogP contribution in [0.5, 0.6) is 17.2 Å². The number of amides is 1. The molecule has 34 heavy (non-hydrogen) atoms. The number of hydrogen-bond donors (Lipinski definition) is 1. The molecule has 0 spiro atoms. The summed E-state index contributed by atoms with van der Waals surface area (Å²) in [6, 6.07) is 20.4. The van der Waals surface area contributed by atoms with E-state index < -0.39 is 15.9 Å². The Balaban J connectivity index is 1.51. The molecule has 178 valence electrons. The number of fused-ring (bicyclic) bond motifs is 1. The Morgan fingerprint density at radius 3 is 2.38 bits per heavy atom. The third-order valence-corrected chi connectivity index (χ3v) is 7.12. The Bertz CT molecular complexity index is 1230. The van der Waals surface area contributed by atoms with Gasteiger partial charge in [0.25, 0.3) is 10.0 Å². The fraction of sp³-hybridized carbons (Fsp3) is 0.240. The predicted molar refractivity (Wildman–Crippen MR) is 128 cm³/mol. The van der Waals surface area contributed by atoms with Crippen LogP contribution in [0.3, 0.4) is 0 Å². The van der Waals surface area contributed by atoms with Crippen LogP contribution in [0.2, 0.25) is 0 Å². The van der Waals surface area contributed by atoms with E-state index in [9.17, 15) is 13.2 Å². The van der Waals surface area contributed by atoms with Gasteiger partial charge in [0.1, 0.15) is 25.5 Å². The molecule has 0 atom stereocenters. The van der Waals surface area contributed by atoms with Gasteiger partial charge in [0.15, 0.2) is 11.5 Å². The van der Waals surface area contributed by atoms with Gasteiger partial charge in [-0.1, -0.05) is 30.3 Å². The molecule has 1 aliphatic rings. The fourth-order valence-electron chi connectivity index (χ4n) is 3.55. The maximum atomic E-state index is 13.5. The van der Waals surface area contributed by atoms with Gasteiger partial charge in [-0.3, -0.25) is 9.10 Å². The minimum atomic E-state index is -4.00. The molecule has 3 aromatic carbocycles. The van der Waals surface area contributed by atoms with Crippen molar-refractivity contribution in [3.8, 4) is 17.2 Å². The topological polar surface area (TPSA) is 94.2 Å². The van der Waals surface area contributed by atoms with Crippen molar-refractivity contribution >= 4 is 21.6 Å². The molecule has 0 aliphatic carbocycles. The maximum Gasteiger partial charge on any atom is 0.264 e. The number of carbonyl (C=O) groups excluding carboxylic acids is 1. The number of hydrogen-bond acceptors (Lipinski definition) is 6. The molecular weight excluding hydrogens is 456 g/mol. The number of nitrogens with one attached hydrogen (secondary N) is 1. The van der Waals surface area contributed by atoms with Gasteiger partial charge in [0.05, 0.1) is 17.7 Å². The molecule has 0 bridgehead atoms. The van der Waals surface area contributed by atoms with E-state index in [2.05, 4.69) is 5.32 Å². The van der Waals surface area contributed by atoms with E-state index in [-0.39, 0.29) is 11.4 Å². The lowest BCUT2D eigenvalue weighted by Crippen LogP contribution is -2.41. The monoisotopic (exact) mass is 482 g/mol. The number of rotatable bonds is 9. The van der Waals surface area contributed by atoms with Crippen molar-refractivity contribution < 1.29 is 27.4 Å². The van der Waals surface area contributed by atoms with Gasteiger partial charge >= 0.3 is 0 Å². The summed E-state index contributed by atoms with van der Waals surface area (Å²) < 4.78 is 44.3. The van der Waals surface area contributed by atoms with Gasteiger partial charge < -0.3 is 19.5 Å². The average Bonchev–Trinajstić information content (AvgIpc) is 2.88. The lowest BCUT2D eigenvalue weighted by Gasteiger charge is -2.26. The molecule has 0 unspecified atom stereocenters. The van der Waals surface area contributed by atoms with Crippen LogP contribution in [-0.2, 0) is 21.2 Å². The second kappa shape index (κ2) is 10.5. The molecule has 9 heteroatoms. The number of anilines is 1. The number of ether oxygens (including phenoxy) is 3. The lowest BCUT2D eigenvalue weighted by molar-refractivity contribution is -0.119. The van der Waals surface area contributed by atoms with Crippen LogP contribution in [0.4, 0.5) is 5.69 Å². The molecule has 0 aromatic heterocycles. The van der Waals surface area contributed by atoms with E-state index in [1.54, 1.807) is 43.5 Å². The van der Waals surface area contributed by atoms with Crippen LogP contribution in [-0.4, -0.2) is 47.7 Å². The summed E-state index contributed by atoms with van der Waals surface area (Å²) in [4.78, 5) is 12.9. The van der Waals surface area contributed by atoms with Crippen LogP contribution < -0.4 is 23.8 Å². The second-order valence-corrected chi connectivity index (χ2v) is 9.46. The zero-order valence-electron chi connectivity index (χ0n) is 18.8. The number of carbonyl (C=O) groups is 1. The molecule has 1 aliphatic heterocycles. The van der Waals surface area contributed by atoms with Crippen molar-refractivity contribution in [3.63, 3.8) is 0 Å². The summed E-state index contributed by atoms with van der Waals surface area (Å²) in [5.74, 6) is 1.32. The van der Waals surface area contributed by atoms with E-state index in [0.717, 1.165) is 15.6 Å². The minimum absolute atomic E-state index is 0.0934. The first kappa shape index (κ1) is 23.4. The van der Waals surface area contributed by atoms with Crippen molar-refractivity contribution in [1.29, 1.82) is 0 Å². The van der Waals surface area contributed by atoms with Gasteiger partial charge in [0.2, 0.25) is 5.91 Å². The summed E-state index contributed by atoms with van der Waals surface area (Å²) in [7, 11) is -2.40. The number of nitrogens with zero attached hydrogens (tertiary/aromatic N) is 1. The van der Waals surface area contributed by atoms with Crippen molar-refractivity contribution in [2.45, 2.75) is 11.3 Å². The molecule has 4 rings (SSSR count). The Kier molecular flexibility index (Phi) is 7.22. The smallest absolute Gasteiger partial charge is 0.264 e. The van der Waals surface area contributed by atoms with E-state index in [1.165, 1.54) is 12.1 Å². The van der Waals surface area contributed by atoms with Gasteiger partial charge in [-0.25, -0.2) is 8.42 Å². The molecule has 8 nitrogen and oxygen atoms in total. The SMILES string of the molecule is COc1ccc(CCNC(=O)CN(c2ccc3c(c2)OCCO3)S(=O)(=O)c2ccccc2)cc1. The second-order valence-electron chi connectivity index (χ2n) is 7.60. The van der Waals surface area contributed by atoms with Gasteiger partial charge in [-0.15, -0.1) is 0 Å². The zero-order chi connectivity index (χ0) is 24.0. The van der Waals surface area contributed by atoms with Gasteiger partial charge in [0, 0.05) is 12.6 Å². The highest BCUT2D eigenvalue weighted by molar-refractivity contribution is 7.92. The molecule has 0 saturated carbocycles. The Morgan fingerprint density at radius 1 is 0.971 bits per heavy atom. The van der Waals surface area contributed by atoms with Crippen molar-refractivity contribution in [3.05, 3.63) is 78.4 Å². The Labute approximate surface area is 199 Å². The van der Waals surface area contributed by atoms with E-state index in [0.29, 0.717) is 43.4 Å². The molecule has 1 heterocycles. The number of methoxy groups -OCH3 is 1. The summed E-state index contributed by atoms with van der Waals surface area (Å²) in [5, 5.41) is 2.81. The summed E-state index contributed by atoms with van der Waals surface area (Å²) in [6.07, 6.45) is 0.602. The molecule has 0 fully saturated rings. The first-order valence-corrected chi connectivity index (χ1v) is 12.3. The number of benzene rings is 3. The molecule has 1 N–H and O–H groups in total.